The summed E-state index contributed by atoms with van der Waals surface area (Å²) in [6.07, 6.45) is 12.0. The van der Waals surface area contributed by atoms with Gasteiger partial charge in [0.1, 0.15) is 0 Å². The van der Waals surface area contributed by atoms with Crippen molar-refractivity contribution in [3.05, 3.63) is 40.5 Å². The summed E-state index contributed by atoms with van der Waals surface area (Å²) in [6.45, 7) is 8.68. The van der Waals surface area contributed by atoms with Crippen LogP contribution in [0.1, 0.15) is 61.8 Å². The summed E-state index contributed by atoms with van der Waals surface area (Å²) in [5, 5.41) is 0. The van der Waals surface area contributed by atoms with E-state index in [0.717, 1.165) is 11.8 Å². The van der Waals surface area contributed by atoms with Gasteiger partial charge in [0.25, 0.3) is 0 Å². The number of fused-ring (bicyclic) bond motifs is 1. The molecule has 2 aliphatic rings. The topological polar surface area (TPSA) is 26.0 Å². The summed E-state index contributed by atoms with van der Waals surface area (Å²) in [5.74, 6) is 1.58. The van der Waals surface area contributed by atoms with E-state index in [0.29, 0.717) is 7.41 Å². The molecule has 0 heterocycles. The van der Waals surface area contributed by atoms with Gasteiger partial charge in [-0.25, -0.2) is 0 Å². The van der Waals surface area contributed by atoms with E-state index in [2.05, 4.69) is 32.6 Å². The maximum atomic E-state index is 6.17. The highest BCUT2D eigenvalue weighted by atomic mass is 14.4. The van der Waals surface area contributed by atoms with Crippen LogP contribution in [0.4, 0.5) is 0 Å². The summed E-state index contributed by atoms with van der Waals surface area (Å²) < 4.78 is 0. The molecule has 116 valence electrons. The van der Waals surface area contributed by atoms with Crippen molar-refractivity contribution >= 4 is 25.0 Å². The Bertz CT molecular complexity index is 611. The zero-order chi connectivity index (χ0) is 15.7. The van der Waals surface area contributed by atoms with Crippen molar-refractivity contribution < 1.29 is 0 Å². The van der Waals surface area contributed by atoms with Gasteiger partial charge in [-0.3, -0.25) is 0 Å². The quantitative estimate of drug-likeness (QED) is 0.797. The minimum absolute atomic E-state index is 0.645. The number of hydrogen-bond donors (Lipinski definition) is 1. The fraction of sp³-hybridized carbons (Fsp3) is 0.500. The second-order valence-corrected chi connectivity index (χ2v) is 7.16. The van der Waals surface area contributed by atoms with Crippen molar-refractivity contribution in [1.82, 2.24) is 0 Å². The van der Waals surface area contributed by atoms with Crippen LogP contribution in [0.5, 0.6) is 0 Å². The highest BCUT2D eigenvalue weighted by Gasteiger charge is 2.27. The lowest BCUT2D eigenvalue weighted by Crippen LogP contribution is -2.30. The van der Waals surface area contributed by atoms with Crippen LogP contribution < -0.4 is 11.1 Å². The van der Waals surface area contributed by atoms with Crippen LogP contribution in [0.25, 0.3) is 12.2 Å². The van der Waals surface area contributed by atoms with E-state index in [1.807, 2.05) is 6.08 Å². The van der Waals surface area contributed by atoms with Crippen LogP contribution in [0.15, 0.2) is 18.2 Å². The smallest absolute Gasteiger partial charge is 0.234 e. The van der Waals surface area contributed by atoms with E-state index in [9.17, 15) is 0 Å². The van der Waals surface area contributed by atoms with E-state index < -0.39 is 0 Å². The van der Waals surface area contributed by atoms with Crippen LogP contribution in [0.2, 0.25) is 0 Å². The summed E-state index contributed by atoms with van der Waals surface area (Å²) in [5.41, 5.74) is 14.9. The fourth-order valence-corrected chi connectivity index (χ4v) is 4.01. The van der Waals surface area contributed by atoms with Gasteiger partial charge in [0.05, 0.1) is 0 Å². The molecule has 1 fully saturated rings. The number of allylic oxidation sites excluding steroid dienone is 1. The van der Waals surface area contributed by atoms with Crippen molar-refractivity contribution in [3.63, 3.8) is 0 Å². The van der Waals surface area contributed by atoms with Gasteiger partial charge < -0.3 is 5.64 Å². The molecule has 3 rings (SSSR count). The molecule has 1 aromatic carbocycles. The van der Waals surface area contributed by atoms with Gasteiger partial charge in [0, 0.05) is 0 Å². The lowest BCUT2D eigenvalue weighted by Gasteiger charge is -2.16. The molecule has 0 saturated heterocycles. The SMILES string of the molecule is C=Cc1cc2c(c(BN)c1/C=C(\CCC)C1CC1)CC(C)C2. The van der Waals surface area contributed by atoms with E-state index in [4.69, 9.17) is 5.64 Å². The van der Waals surface area contributed by atoms with Gasteiger partial charge in [0.2, 0.25) is 7.41 Å². The van der Waals surface area contributed by atoms with Crippen molar-refractivity contribution in [2.75, 3.05) is 0 Å². The first-order valence-corrected chi connectivity index (χ1v) is 8.88. The molecule has 0 radical (unpaired) electrons. The first-order chi connectivity index (χ1) is 10.7. The molecular formula is C20H28BN. The second kappa shape index (κ2) is 6.46. The first kappa shape index (κ1) is 15.6. The monoisotopic (exact) mass is 293 g/mol. The van der Waals surface area contributed by atoms with Gasteiger partial charge in [-0.2, -0.15) is 0 Å². The molecule has 1 unspecified atom stereocenters. The van der Waals surface area contributed by atoms with E-state index in [1.165, 1.54) is 66.2 Å². The maximum Gasteiger partial charge on any atom is 0.234 e. The highest BCUT2D eigenvalue weighted by molar-refractivity contribution is 6.52. The summed E-state index contributed by atoms with van der Waals surface area (Å²) in [6, 6.07) is 2.37. The third-order valence-corrected chi connectivity index (χ3v) is 5.23. The maximum absolute atomic E-state index is 6.17. The Morgan fingerprint density at radius 2 is 2.18 bits per heavy atom. The minimum Gasteiger partial charge on any atom is -0.369 e. The normalized spacial score (nSPS) is 20.9. The van der Waals surface area contributed by atoms with Crippen molar-refractivity contribution in [1.29, 1.82) is 0 Å². The average Bonchev–Trinajstić information content (AvgIpc) is 3.28. The van der Waals surface area contributed by atoms with E-state index in [1.54, 1.807) is 5.57 Å². The molecule has 0 aliphatic heterocycles. The average molecular weight is 293 g/mol. The van der Waals surface area contributed by atoms with E-state index in [-0.39, 0.29) is 0 Å². The Morgan fingerprint density at radius 3 is 2.77 bits per heavy atom. The summed E-state index contributed by atoms with van der Waals surface area (Å²) in [7, 11) is 0.645. The molecule has 0 bridgehead atoms. The molecule has 1 nitrogen and oxygen atoms in total. The zero-order valence-corrected chi connectivity index (χ0v) is 14.1. The van der Waals surface area contributed by atoms with Crippen molar-refractivity contribution in [2.24, 2.45) is 17.5 Å². The molecule has 1 atom stereocenters. The highest BCUT2D eigenvalue weighted by Crippen LogP contribution is 2.40. The molecule has 0 amide bonds. The lowest BCUT2D eigenvalue weighted by molar-refractivity contribution is 0.628. The van der Waals surface area contributed by atoms with Gasteiger partial charge in [-0.15, -0.1) is 0 Å². The molecule has 1 saturated carbocycles. The van der Waals surface area contributed by atoms with Gasteiger partial charge in [-0.1, -0.05) is 56.1 Å². The third-order valence-electron chi connectivity index (χ3n) is 5.23. The van der Waals surface area contributed by atoms with Crippen LogP contribution in [0, 0.1) is 11.8 Å². The molecule has 0 spiro atoms. The summed E-state index contributed by atoms with van der Waals surface area (Å²) in [4.78, 5) is 0. The predicted molar refractivity (Wildman–Crippen MR) is 99.7 cm³/mol. The zero-order valence-electron chi connectivity index (χ0n) is 14.1. The summed E-state index contributed by atoms with van der Waals surface area (Å²) >= 11 is 0. The van der Waals surface area contributed by atoms with Crippen LogP contribution in [-0.2, 0) is 12.8 Å². The van der Waals surface area contributed by atoms with Crippen molar-refractivity contribution in [3.8, 4) is 0 Å². The fourth-order valence-electron chi connectivity index (χ4n) is 4.01. The number of benzene rings is 1. The lowest BCUT2D eigenvalue weighted by atomic mass is 9.74. The predicted octanol–water partition coefficient (Wildman–Crippen LogP) is 3.59. The Labute approximate surface area is 135 Å². The molecule has 1 aromatic rings. The Kier molecular flexibility index (Phi) is 4.58. The molecular weight excluding hydrogens is 265 g/mol. The van der Waals surface area contributed by atoms with Crippen LogP contribution in [0.3, 0.4) is 0 Å². The van der Waals surface area contributed by atoms with E-state index >= 15 is 0 Å². The Hall–Kier alpha value is -1.28. The van der Waals surface area contributed by atoms with Gasteiger partial charge in [0.15, 0.2) is 0 Å². The third kappa shape index (κ3) is 2.94. The Morgan fingerprint density at radius 1 is 1.41 bits per heavy atom. The Balaban J connectivity index is 2.11. The molecule has 22 heavy (non-hydrogen) atoms. The molecule has 0 aromatic heterocycles. The molecule has 2 N–H and O–H groups in total. The van der Waals surface area contributed by atoms with Crippen LogP contribution >= 0.6 is 0 Å². The van der Waals surface area contributed by atoms with Gasteiger partial charge >= 0.3 is 0 Å². The van der Waals surface area contributed by atoms with Crippen LogP contribution in [-0.4, -0.2) is 7.41 Å². The molecule has 2 heteroatoms. The van der Waals surface area contributed by atoms with Crippen molar-refractivity contribution in [2.45, 2.75) is 52.4 Å². The molecule has 2 aliphatic carbocycles. The number of hydrogen-bond acceptors (Lipinski definition) is 1. The van der Waals surface area contributed by atoms with Gasteiger partial charge in [-0.05, 0) is 66.2 Å². The second-order valence-electron chi connectivity index (χ2n) is 7.16. The number of rotatable bonds is 6. The first-order valence-electron chi connectivity index (χ1n) is 8.88. The standard InChI is InChI=1S/C20H28BN/c1-4-6-16(15-7-8-15)12-19-14(5-2)11-17-9-13(3)10-18(17)20(19)21-22/h5,11-13,15,21H,2,4,6-10,22H2,1,3H3/b16-12+. The number of nitrogens with two attached hydrogens (primary N) is 1. The largest absolute Gasteiger partial charge is 0.369 e. The minimum atomic E-state index is 0.645.